The molecule has 1 saturated carbocycles. The first kappa shape index (κ1) is 15.9. The highest BCUT2D eigenvalue weighted by Gasteiger charge is 2.34. The predicted molar refractivity (Wildman–Crippen MR) is 89.0 cm³/mol. The number of likely N-dealkylation sites (tertiary alicyclic amines) is 1. The van der Waals surface area contributed by atoms with Crippen molar-refractivity contribution in [2.45, 2.75) is 31.8 Å². The molecule has 22 heavy (non-hydrogen) atoms. The zero-order valence-corrected chi connectivity index (χ0v) is 14.2. The second-order valence-electron chi connectivity index (χ2n) is 6.29. The third-order valence-corrected chi connectivity index (χ3v) is 5.11. The van der Waals surface area contributed by atoms with Crippen molar-refractivity contribution in [2.75, 3.05) is 33.9 Å². The summed E-state index contributed by atoms with van der Waals surface area (Å²) in [7, 11) is 3.24. The van der Waals surface area contributed by atoms with Gasteiger partial charge in [-0.1, -0.05) is 17.7 Å². The molecule has 2 fully saturated rings. The Bertz CT molecular complexity index is 520. The van der Waals surface area contributed by atoms with Crippen molar-refractivity contribution in [3.63, 3.8) is 0 Å². The van der Waals surface area contributed by atoms with E-state index in [0.29, 0.717) is 16.5 Å². The second-order valence-corrected chi connectivity index (χ2v) is 6.66. The lowest BCUT2D eigenvalue weighted by Crippen LogP contribution is -2.27. The molecular formula is C17H25ClN2O2. The minimum Gasteiger partial charge on any atom is -0.493 e. The van der Waals surface area contributed by atoms with Crippen LogP contribution in [0.25, 0.3) is 0 Å². The molecule has 1 aromatic rings. The first-order chi connectivity index (χ1) is 10.7. The minimum atomic E-state index is 0.615. The lowest BCUT2D eigenvalue weighted by Gasteiger charge is -2.16. The Morgan fingerprint density at radius 2 is 2.05 bits per heavy atom. The topological polar surface area (TPSA) is 33.7 Å². The maximum Gasteiger partial charge on any atom is 0.179 e. The Hall–Kier alpha value is -0.970. The molecule has 5 heteroatoms. The number of methoxy groups -OCH3 is 2. The van der Waals surface area contributed by atoms with E-state index < -0.39 is 0 Å². The lowest BCUT2D eigenvalue weighted by molar-refractivity contribution is 0.312. The number of benzene rings is 1. The highest BCUT2D eigenvalue weighted by Crippen LogP contribution is 2.37. The second kappa shape index (κ2) is 7.07. The molecule has 1 aliphatic heterocycles. The van der Waals surface area contributed by atoms with Crippen molar-refractivity contribution in [1.29, 1.82) is 0 Å². The van der Waals surface area contributed by atoms with E-state index in [1.54, 1.807) is 14.2 Å². The van der Waals surface area contributed by atoms with Gasteiger partial charge in [0.15, 0.2) is 11.5 Å². The number of rotatable bonds is 7. The summed E-state index contributed by atoms with van der Waals surface area (Å²) in [6.45, 7) is 4.33. The molecule has 1 unspecified atom stereocenters. The van der Waals surface area contributed by atoms with Crippen LogP contribution in [-0.2, 0) is 6.54 Å². The molecule has 3 rings (SSSR count). The average molecular weight is 325 g/mol. The van der Waals surface area contributed by atoms with E-state index in [0.717, 1.165) is 30.6 Å². The SMILES string of the molecule is COc1ccc(CNCC2CCN(C3CC3)C2)c(Cl)c1OC. The third-order valence-electron chi connectivity index (χ3n) is 4.69. The van der Waals surface area contributed by atoms with Gasteiger partial charge in [0.25, 0.3) is 0 Å². The number of ether oxygens (including phenoxy) is 2. The van der Waals surface area contributed by atoms with Gasteiger partial charge in [-0.3, -0.25) is 0 Å². The summed E-state index contributed by atoms with van der Waals surface area (Å²) in [6, 6.07) is 4.80. The van der Waals surface area contributed by atoms with Crippen LogP contribution in [0.15, 0.2) is 12.1 Å². The van der Waals surface area contributed by atoms with Crippen LogP contribution in [0.2, 0.25) is 5.02 Å². The molecular weight excluding hydrogens is 300 g/mol. The largest absolute Gasteiger partial charge is 0.493 e. The van der Waals surface area contributed by atoms with Crippen molar-refractivity contribution < 1.29 is 9.47 Å². The van der Waals surface area contributed by atoms with Gasteiger partial charge in [0, 0.05) is 19.1 Å². The summed E-state index contributed by atoms with van der Waals surface area (Å²) >= 11 is 6.41. The van der Waals surface area contributed by atoms with Gasteiger partial charge in [0.1, 0.15) is 0 Å². The number of halogens is 1. The van der Waals surface area contributed by atoms with Crippen molar-refractivity contribution in [2.24, 2.45) is 5.92 Å². The average Bonchev–Trinajstić information content (AvgIpc) is 3.28. The normalized spacial score (nSPS) is 22.0. The van der Waals surface area contributed by atoms with Crippen molar-refractivity contribution in [3.05, 3.63) is 22.7 Å². The molecule has 0 bridgehead atoms. The summed E-state index contributed by atoms with van der Waals surface area (Å²) in [4.78, 5) is 2.65. The molecule has 1 N–H and O–H groups in total. The van der Waals surface area contributed by atoms with E-state index in [-0.39, 0.29) is 0 Å². The number of hydrogen-bond donors (Lipinski definition) is 1. The quantitative estimate of drug-likeness (QED) is 0.836. The summed E-state index contributed by atoms with van der Waals surface area (Å²) in [5.74, 6) is 2.05. The van der Waals surface area contributed by atoms with Gasteiger partial charge in [0.05, 0.1) is 19.2 Å². The highest BCUT2D eigenvalue weighted by atomic mass is 35.5. The molecule has 0 aromatic heterocycles. The fraction of sp³-hybridized carbons (Fsp3) is 0.647. The fourth-order valence-electron chi connectivity index (χ4n) is 3.28. The van der Waals surface area contributed by atoms with Gasteiger partial charge in [-0.25, -0.2) is 0 Å². The Balaban J connectivity index is 1.51. The summed E-state index contributed by atoms with van der Waals surface area (Å²) in [6.07, 6.45) is 4.12. The molecule has 4 nitrogen and oxygen atoms in total. The van der Waals surface area contributed by atoms with Crippen molar-refractivity contribution >= 4 is 11.6 Å². The molecule has 1 saturated heterocycles. The Kier molecular flexibility index (Phi) is 5.11. The van der Waals surface area contributed by atoms with Crippen molar-refractivity contribution in [3.8, 4) is 11.5 Å². The zero-order valence-electron chi connectivity index (χ0n) is 13.4. The number of nitrogens with one attached hydrogen (secondary N) is 1. The van der Waals surface area contributed by atoms with E-state index >= 15 is 0 Å². The van der Waals surface area contributed by atoms with Gasteiger partial charge < -0.3 is 19.7 Å². The molecule has 122 valence electrons. The molecule has 1 heterocycles. The standard InChI is InChI=1S/C17H25ClN2O2/c1-21-15-6-3-13(16(18)17(15)22-2)10-19-9-12-7-8-20(11-12)14-4-5-14/h3,6,12,14,19H,4-5,7-11H2,1-2H3. The molecule has 1 atom stereocenters. The predicted octanol–water partition coefficient (Wildman–Crippen LogP) is 2.93. The van der Waals surface area contributed by atoms with E-state index in [1.807, 2.05) is 12.1 Å². The summed E-state index contributed by atoms with van der Waals surface area (Å²) in [5, 5.41) is 4.18. The van der Waals surface area contributed by atoms with Crippen LogP contribution in [0.3, 0.4) is 0 Å². The van der Waals surface area contributed by atoms with Crippen LogP contribution in [-0.4, -0.2) is 44.8 Å². The molecule has 1 aliphatic carbocycles. The fourth-order valence-corrected chi connectivity index (χ4v) is 3.58. The Morgan fingerprint density at radius 3 is 2.73 bits per heavy atom. The van der Waals surface area contributed by atoms with Crippen LogP contribution in [0, 0.1) is 5.92 Å². The van der Waals surface area contributed by atoms with Gasteiger partial charge in [-0.05, 0) is 49.9 Å². The monoisotopic (exact) mass is 324 g/mol. The van der Waals surface area contributed by atoms with Gasteiger partial charge in [0.2, 0.25) is 0 Å². The summed E-state index contributed by atoms with van der Waals surface area (Å²) in [5.41, 5.74) is 1.05. The maximum absolute atomic E-state index is 6.41. The number of hydrogen-bond acceptors (Lipinski definition) is 4. The van der Waals surface area contributed by atoms with Crippen LogP contribution < -0.4 is 14.8 Å². The zero-order chi connectivity index (χ0) is 15.5. The highest BCUT2D eigenvalue weighted by molar-refractivity contribution is 6.33. The lowest BCUT2D eigenvalue weighted by atomic mass is 10.1. The molecule has 2 aliphatic rings. The molecule has 0 spiro atoms. The Morgan fingerprint density at radius 1 is 1.23 bits per heavy atom. The summed E-state index contributed by atoms with van der Waals surface area (Å²) < 4.78 is 10.6. The van der Waals surface area contributed by atoms with E-state index in [4.69, 9.17) is 21.1 Å². The smallest absolute Gasteiger partial charge is 0.179 e. The molecule has 1 aromatic carbocycles. The van der Waals surface area contributed by atoms with Crippen LogP contribution in [0.4, 0.5) is 0 Å². The maximum atomic E-state index is 6.41. The van der Waals surface area contributed by atoms with Crippen LogP contribution in [0.1, 0.15) is 24.8 Å². The first-order valence-electron chi connectivity index (χ1n) is 8.07. The molecule has 0 radical (unpaired) electrons. The van der Waals surface area contributed by atoms with E-state index in [1.165, 1.54) is 32.4 Å². The molecule has 0 amide bonds. The van der Waals surface area contributed by atoms with Crippen LogP contribution in [0.5, 0.6) is 11.5 Å². The number of nitrogens with zero attached hydrogens (tertiary/aromatic N) is 1. The van der Waals surface area contributed by atoms with Gasteiger partial charge >= 0.3 is 0 Å². The first-order valence-corrected chi connectivity index (χ1v) is 8.44. The van der Waals surface area contributed by atoms with Crippen molar-refractivity contribution in [1.82, 2.24) is 10.2 Å². The van der Waals surface area contributed by atoms with Gasteiger partial charge in [-0.15, -0.1) is 0 Å². The van der Waals surface area contributed by atoms with E-state index in [2.05, 4.69) is 10.2 Å². The van der Waals surface area contributed by atoms with Crippen LogP contribution >= 0.6 is 11.6 Å². The van der Waals surface area contributed by atoms with E-state index in [9.17, 15) is 0 Å². The Labute approximate surface area is 137 Å². The third kappa shape index (κ3) is 3.50. The van der Waals surface area contributed by atoms with Gasteiger partial charge in [-0.2, -0.15) is 0 Å². The minimum absolute atomic E-state index is 0.615.